The van der Waals surface area contributed by atoms with Gasteiger partial charge in [-0.05, 0) is 122 Å². The van der Waals surface area contributed by atoms with E-state index in [4.69, 9.17) is 0 Å². The zero-order valence-electron chi connectivity index (χ0n) is 32.0. The molecule has 4 aliphatic heterocycles. The minimum Gasteiger partial charge on any atom is -0.508 e. The van der Waals surface area contributed by atoms with Gasteiger partial charge in [0.05, 0.1) is 11.1 Å². The van der Waals surface area contributed by atoms with Crippen LogP contribution >= 0.6 is 0 Å². The predicted molar refractivity (Wildman–Crippen MR) is 218 cm³/mol. The lowest BCUT2D eigenvalue weighted by molar-refractivity contribution is -0.125. The number of nitrogens with one attached hydrogen (secondary N) is 1. The van der Waals surface area contributed by atoms with Gasteiger partial charge in [-0.15, -0.1) is 0 Å². The second-order valence-electron chi connectivity index (χ2n) is 16.4. The fourth-order valence-corrected chi connectivity index (χ4v) is 10.1. The van der Waals surface area contributed by atoms with Crippen LogP contribution in [0, 0.1) is 0 Å². The number of carbonyl (C=O) groups excluding carboxylic acids is 3. The summed E-state index contributed by atoms with van der Waals surface area (Å²) in [7, 11) is 0. The highest BCUT2D eigenvalue weighted by Crippen LogP contribution is 2.47. The van der Waals surface area contributed by atoms with Gasteiger partial charge in [0, 0.05) is 56.1 Å². The van der Waals surface area contributed by atoms with Crippen LogP contribution in [0.4, 0.5) is 5.69 Å². The smallest absolute Gasteiger partial charge is 0.262 e. The fourth-order valence-electron chi connectivity index (χ4n) is 10.1. The summed E-state index contributed by atoms with van der Waals surface area (Å²) in [4.78, 5) is 48.0. The van der Waals surface area contributed by atoms with Crippen molar-refractivity contribution in [3.8, 4) is 5.75 Å². The Morgan fingerprint density at radius 2 is 1.54 bits per heavy atom. The van der Waals surface area contributed by atoms with Gasteiger partial charge in [-0.2, -0.15) is 0 Å². The summed E-state index contributed by atoms with van der Waals surface area (Å²) in [5, 5.41) is 12.9. The SMILES string of the molecule is C=C1CCC(N2C(=O)c3ccc(N4CCN(C5CCN(CCCc6ccc([C@@H]7c8ccc(O)cc8CC[C@@H]7c7ccccc7)cc6)C5)CC4)cc3C2=O)C(=O)N1. The zero-order valence-corrected chi connectivity index (χ0v) is 32.0. The number of aryl methyl sites for hydroxylation is 2. The molecule has 9 nitrogen and oxygen atoms in total. The van der Waals surface area contributed by atoms with E-state index in [2.05, 4.69) is 87.3 Å². The third-order valence-corrected chi connectivity index (χ3v) is 13.1. The molecule has 288 valence electrons. The van der Waals surface area contributed by atoms with Crippen molar-refractivity contribution in [3.63, 3.8) is 0 Å². The lowest BCUT2D eigenvalue weighted by atomic mass is 9.69. The number of hydrogen-bond acceptors (Lipinski definition) is 7. The molecular formula is C47H51N5O4. The molecular weight excluding hydrogens is 699 g/mol. The van der Waals surface area contributed by atoms with E-state index in [0.29, 0.717) is 47.4 Å². The number of carbonyl (C=O) groups is 3. The molecule has 4 atom stereocenters. The first-order valence-electron chi connectivity index (χ1n) is 20.5. The summed E-state index contributed by atoms with van der Waals surface area (Å²) < 4.78 is 0. The molecule has 3 fully saturated rings. The molecule has 0 radical (unpaired) electrons. The largest absolute Gasteiger partial charge is 0.508 e. The van der Waals surface area contributed by atoms with Gasteiger partial charge < -0.3 is 20.2 Å². The number of piperazine rings is 1. The molecule has 0 aromatic heterocycles. The van der Waals surface area contributed by atoms with E-state index in [1.807, 2.05) is 24.3 Å². The Labute approximate surface area is 329 Å². The van der Waals surface area contributed by atoms with Crippen LogP contribution in [0.2, 0.25) is 0 Å². The lowest BCUT2D eigenvalue weighted by Gasteiger charge is -2.39. The van der Waals surface area contributed by atoms with E-state index in [0.717, 1.165) is 82.1 Å². The van der Waals surface area contributed by atoms with Crippen LogP contribution in [0.25, 0.3) is 0 Å². The molecule has 9 heteroatoms. The number of rotatable bonds is 9. The van der Waals surface area contributed by atoms with E-state index >= 15 is 0 Å². The van der Waals surface area contributed by atoms with Crippen LogP contribution in [-0.2, 0) is 17.6 Å². The third-order valence-electron chi connectivity index (χ3n) is 13.1. The Balaban J connectivity index is 0.762. The van der Waals surface area contributed by atoms with Crippen molar-refractivity contribution < 1.29 is 19.5 Å². The maximum atomic E-state index is 13.4. The monoisotopic (exact) mass is 749 g/mol. The van der Waals surface area contributed by atoms with Gasteiger partial charge in [0.15, 0.2) is 0 Å². The summed E-state index contributed by atoms with van der Waals surface area (Å²) >= 11 is 0. The molecule has 5 aliphatic rings. The van der Waals surface area contributed by atoms with Crippen molar-refractivity contribution in [1.82, 2.24) is 20.0 Å². The molecule has 0 saturated carbocycles. The number of anilines is 1. The first-order valence-corrected chi connectivity index (χ1v) is 20.5. The Hall–Kier alpha value is -5.25. The molecule has 0 spiro atoms. The molecule has 0 bridgehead atoms. The number of likely N-dealkylation sites (tertiary alicyclic amines) is 1. The molecule has 3 amide bonds. The highest BCUT2D eigenvalue weighted by atomic mass is 16.3. The minimum absolute atomic E-state index is 0.271. The highest BCUT2D eigenvalue weighted by molar-refractivity contribution is 6.23. The van der Waals surface area contributed by atoms with E-state index in [9.17, 15) is 19.5 Å². The number of hydrogen-bond donors (Lipinski definition) is 2. The zero-order chi connectivity index (χ0) is 38.3. The maximum absolute atomic E-state index is 13.4. The standard InChI is InChI=1S/C47H51N5O4/c1-31-9-20-43(45(54)48-31)52-46(55)41-18-15-36(29-42(41)47(52)56)50-24-26-51(27-25-50)37-21-23-49(30-37)22-5-6-32-10-12-34(13-11-32)44-39(33-7-3-2-4-8-33)17-14-35-28-38(53)16-19-40(35)44/h2-4,7-8,10-13,15-16,18-19,28-29,37,39,43-44,53H,1,5-6,9,14,17,20-27,30H2,(H,48,54)/t37?,39-,43?,44+/m1/s1. The Morgan fingerprint density at radius 3 is 2.32 bits per heavy atom. The number of aromatic hydroxyl groups is 1. The van der Waals surface area contributed by atoms with Gasteiger partial charge in [0.2, 0.25) is 5.91 Å². The van der Waals surface area contributed by atoms with E-state index < -0.39 is 6.04 Å². The summed E-state index contributed by atoms with van der Waals surface area (Å²) in [6.45, 7) is 10.8. The lowest BCUT2D eigenvalue weighted by Crippen LogP contribution is -2.51. The van der Waals surface area contributed by atoms with Crippen molar-refractivity contribution in [2.45, 2.75) is 68.9 Å². The maximum Gasteiger partial charge on any atom is 0.262 e. The van der Waals surface area contributed by atoms with Crippen LogP contribution < -0.4 is 10.2 Å². The molecule has 2 unspecified atom stereocenters. The van der Waals surface area contributed by atoms with Gasteiger partial charge in [0.25, 0.3) is 11.8 Å². The van der Waals surface area contributed by atoms with Gasteiger partial charge in [0.1, 0.15) is 11.8 Å². The van der Waals surface area contributed by atoms with Gasteiger partial charge in [-0.1, -0.05) is 67.2 Å². The number of fused-ring (bicyclic) bond motifs is 2. The van der Waals surface area contributed by atoms with Gasteiger partial charge in [-0.3, -0.25) is 24.2 Å². The van der Waals surface area contributed by atoms with Crippen LogP contribution in [-0.4, -0.2) is 95.4 Å². The Morgan fingerprint density at radius 1 is 0.750 bits per heavy atom. The van der Waals surface area contributed by atoms with Gasteiger partial charge >= 0.3 is 0 Å². The molecule has 1 aliphatic carbocycles. The van der Waals surface area contributed by atoms with E-state index in [1.165, 1.54) is 34.2 Å². The molecule has 4 aromatic rings. The molecule has 4 aromatic carbocycles. The Bertz CT molecular complexity index is 2140. The van der Waals surface area contributed by atoms with Crippen molar-refractivity contribution in [2.24, 2.45) is 0 Å². The molecule has 56 heavy (non-hydrogen) atoms. The van der Waals surface area contributed by atoms with Crippen molar-refractivity contribution in [2.75, 3.05) is 50.7 Å². The second-order valence-corrected chi connectivity index (χ2v) is 16.4. The normalized spacial score (nSPS) is 24.4. The average Bonchev–Trinajstić information content (AvgIpc) is 3.79. The van der Waals surface area contributed by atoms with Gasteiger partial charge in [-0.25, -0.2) is 0 Å². The van der Waals surface area contributed by atoms with Crippen LogP contribution in [0.5, 0.6) is 5.75 Å². The number of benzene rings is 4. The second kappa shape index (κ2) is 15.4. The third kappa shape index (κ3) is 7.03. The van der Waals surface area contributed by atoms with Crippen LogP contribution in [0.15, 0.2) is 103 Å². The molecule has 9 rings (SSSR count). The fraction of sp³-hybridized carbons (Fsp3) is 0.383. The number of imide groups is 1. The van der Waals surface area contributed by atoms with Crippen LogP contribution in [0.3, 0.4) is 0 Å². The highest BCUT2D eigenvalue weighted by Gasteiger charge is 2.44. The van der Waals surface area contributed by atoms with E-state index in [-0.39, 0.29) is 23.6 Å². The number of piperidine rings is 1. The molecule has 3 saturated heterocycles. The Kier molecular flexibility index (Phi) is 9.98. The number of nitrogens with zero attached hydrogens (tertiary/aromatic N) is 4. The minimum atomic E-state index is -0.797. The number of amides is 3. The first-order chi connectivity index (χ1) is 27.3. The van der Waals surface area contributed by atoms with Crippen molar-refractivity contribution in [3.05, 3.63) is 142 Å². The predicted octanol–water partition coefficient (Wildman–Crippen LogP) is 6.47. The number of phenols is 1. The summed E-state index contributed by atoms with van der Waals surface area (Å²) in [6.07, 6.45) is 6.38. The molecule has 4 heterocycles. The number of phenolic OH excluding ortho intramolecular Hbond substituents is 1. The van der Waals surface area contributed by atoms with Crippen molar-refractivity contribution >= 4 is 23.4 Å². The summed E-state index contributed by atoms with van der Waals surface area (Å²) in [5.74, 6) is -0.0838. The first kappa shape index (κ1) is 36.4. The van der Waals surface area contributed by atoms with Crippen molar-refractivity contribution in [1.29, 1.82) is 0 Å². The van der Waals surface area contributed by atoms with Crippen LogP contribution in [0.1, 0.15) is 92.5 Å². The number of allylic oxidation sites excluding steroid dienone is 1. The quantitative estimate of drug-likeness (QED) is 0.190. The topological polar surface area (TPSA) is 96.4 Å². The van der Waals surface area contributed by atoms with E-state index in [1.54, 1.807) is 6.07 Å². The molecule has 2 N–H and O–H groups in total. The summed E-state index contributed by atoms with van der Waals surface area (Å²) in [5.41, 5.74) is 9.06. The average molecular weight is 750 g/mol. The summed E-state index contributed by atoms with van der Waals surface area (Å²) in [6, 6.07) is 31.5.